The third-order valence-electron chi connectivity index (χ3n) is 2.50. The highest BCUT2D eigenvalue weighted by Gasteiger charge is 2.38. The first-order chi connectivity index (χ1) is 5.29. The van der Waals surface area contributed by atoms with Gasteiger partial charge in [0.15, 0.2) is 0 Å². The third kappa shape index (κ3) is 1.31. The van der Waals surface area contributed by atoms with E-state index < -0.39 is 0 Å². The maximum atomic E-state index is 3.63. The molecule has 0 amide bonds. The number of alkyl halides is 1. The molecule has 64 valence electrons. The fourth-order valence-corrected chi connectivity index (χ4v) is 2.16. The zero-order valence-electron chi connectivity index (χ0n) is 6.39. The van der Waals surface area contributed by atoms with Crippen LogP contribution in [-0.2, 0) is 0 Å². The van der Waals surface area contributed by atoms with Gasteiger partial charge in [-0.1, -0.05) is 22.9 Å². The highest BCUT2D eigenvalue weighted by Crippen LogP contribution is 2.22. The number of hydrogen-bond acceptors (Lipinski definition) is 4. The summed E-state index contributed by atoms with van der Waals surface area (Å²) >= 11 is 3.63. The topological polar surface area (TPSA) is 48.1 Å². The Bertz CT molecular complexity index is 154. The number of fused-ring (bicyclic) bond motifs is 1. The van der Waals surface area contributed by atoms with Crippen LogP contribution in [0.3, 0.4) is 0 Å². The highest BCUT2D eigenvalue weighted by molar-refractivity contribution is 9.09. The van der Waals surface area contributed by atoms with Crippen molar-refractivity contribution in [3.05, 3.63) is 0 Å². The van der Waals surface area contributed by atoms with E-state index in [-0.39, 0.29) is 0 Å². The van der Waals surface area contributed by atoms with Crippen molar-refractivity contribution in [2.24, 2.45) is 5.92 Å². The lowest BCUT2D eigenvalue weighted by Crippen LogP contribution is -2.57. The average molecular weight is 221 g/mol. The Labute approximate surface area is 74.6 Å². The molecule has 0 spiro atoms. The van der Waals surface area contributed by atoms with Crippen LogP contribution < -0.4 is 21.7 Å². The summed E-state index contributed by atoms with van der Waals surface area (Å²) in [6, 6.07) is 0.480. The monoisotopic (exact) mass is 220 g/mol. The summed E-state index contributed by atoms with van der Waals surface area (Å²) in [4.78, 5) is 0.568. The molecule has 4 unspecified atom stereocenters. The molecule has 5 heteroatoms. The number of piperidine rings is 1. The summed E-state index contributed by atoms with van der Waals surface area (Å²) in [5, 5.41) is 3.38. The van der Waals surface area contributed by atoms with E-state index in [4.69, 9.17) is 0 Å². The number of nitrogens with one attached hydrogen (secondary N) is 4. The van der Waals surface area contributed by atoms with Crippen LogP contribution in [0, 0.1) is 5.92 Å². The van der Waals surface area contributed by atoms with Gasteiger partial charge < -0.3 is 0 Å². The minimum absolute atomic E-state index is 0.374. The standard InChI is InChI=1S/C6H13BrN4/c1-3-4(7)2-8-6-5(3)9-11-10-6/h3-6,8-11H,2H2,1H3. The summed E-state index contributed by atoms with van der Waals surface area (Å²) in [5.74, 6) is 0.642. The molecule has 0 bridgehead atoms. The van der Waals surface area contributed by atoms with Gasteiger partial charge in [-0.15, -0.1) is 0 Å². The smallest absolute Gasteiger partial charge is 0.0890 e. The van der Waals surface area contributed by atoms with Gasteiger partial charge in [-0.25, -0.2) is 10.9 Å². The van der Waals surface area contributed by atoms with Crippen molar-refractivity contribution in [3.63, 3.8) is 0 Å². The minimum Gasteiger partial charge on any atom is -0.298 e. The summed E-state index contributed by atoms with van der Waals surface area (Å²) in [6.45, 7) is 3.28. The molecular formula is C6H13BrN4. The fraction of sp³-hybridized carbons (Fsp3) is 1.00. The molecule has 0 aromatic carbocycles. The van der Waals surface area contributed by atoms with E-state index in [0.717, 1.165) is 6.54 Å². The number of hydrogen-bond donors (Lipinski definition) is 4. The van der Waals surface area contributed by atoms with E-state index in [1.54, 1.807) is 0 Å². The van der Waals surface area contributed by atoms with Crippen molar-refractivity contribution < 1.29 is 0 Å². The molecule has 2 aliphatic heterocycles. The van der Waals surface area contributed by atoms with Gasteiger partial charge in [0.2, 0.25) is 0 Å². The van der Waals surface area contributed by atoms with Crippen LogP contribution >= 0.6 is 15.9 Å². The third-order valence-corrected chi connectivity index (χ3v) is 3.65. The molecule has 0 aromatic rings. The Morgan fingerprint density at radius 1 is 1.36 bits per heavy atom. The van der Waals surface area contributed by atoms with E-state index in [1.165, 1.54) is 0 Å². The molecule has 0 radical (unpaired) electrons. The van der Waals surface area contributed by atoms with Crippen LogP contribution in [0.2, 0.25) is 0 Å². The first-order valence-electron chi connectivity index (χ1n) is 3.92. The second-order valence-electron chi connectivity index (χ2n) is 3.20. The molecule has 11 heavy (non-hydrogen) atoms. The number of rotatable bonds is 0. The van der Waals surface area contributed by atoms with Crippen molar-refractivity contribution in [2.75, 3.05) is 6.54 Å². The Balaban J connectivity index is 2.06. The summed E-state index contributed by atoms with van der Waals surface area (Å²) in [7, 11) is 0. The van der Waals surface area contributed by atoms with Gasteiger partial charge >= 0.3 is 0 Å². The second-order valence-corrected chi connectivity index (χ2v) is 4.38. The number of hydrazine groups is 2. The average Bonchev–Trinajstić information content (AvgIpc) is 2.45. The lowest BCUT2D eigenvalue weighted by atomic mass is 9.93. The quantitative estimate of drug-likeness (QED) is 0.408. The van der Waals surface area contributed by atoms with Crippen molar-refractivity contribution in [1.82, 2.24) is 21.7 Å². The molecule has 0 saturated carbocycles. The highest BCUT2D eigenvalue weighted by atomic mass is 79.9. The molecule has 0 aromatic heterocycles. The van der Waals surface area contributed by atoms with Crippen LogP contribution in [0.4, 0.5) is 0 Å². The van der Waals surface area contributed by atoms with Crippen molar-refractivity contribution in [1.29, 1.82) is 0 Å². The van der Waals surface area contributed by atoms with E-state index >= 15 is 0 Å². The zero-order chi connectivity index (χ0) is 7.84. The summed E-state index contributed by atoms with van der Waals surface area (Å²) in [5.41, 5.74) is 9.23. The lowest BCUT2D eigenvalue weighted by Gasteiger charge is -2.34. The van der Waals surface area contributed by atoms with Crippen LogP contribution in [0.25, 0.3) is 0 Å². The van der Waals surface area contributed by atoms with Crippen molar-refractivity contribution >= 4 is 15.9 Å². The Morgan fingerprint density at radius 3 is 3.00 bits per heavy atom. The largest absolute Gasteiger partial charge is 0.298 e. The molecule has 4 atom stereocenters. The van der Waals surface area contributed by atoms with Gasteiger partial charge in [-0.05, 0) is 5.92 Å². The van der Waals surface area contributed by atoms with Gasteiger partial charge in [0.1, 0.15) is 0 Å². The summed E-state index contributed by atoms with van der Waals surface area (Å²) < 4.78 is 0. The van der Waals surface area contributed by atoms with Gasteiger partial charge in [-0.2, -0.15) is 5.53 Å². The van der Waals surface area contributed by atoms with E-state index in [2.05, 4.69) is 44.6 Å². The van der Waals surface area contributed by atoms with Gasteiger partial charge in [0.25, 0.3) is 0 Å². The van der Waals surface area contributed by atoms with Crippen LogP contribution in [0.5, 0.6) is 0 Å². The second kappa shape index (κ2) is 2.99. The molecule has 0 aliphatic carbocycles. The zero-order valence-corrected chi connectivity index (χ0v) is 7.98. The lowest BCUT2D eigenvalue weighted by molar-refractivity contribution is 0.278. The normalized spacial score (nSPS) is 50.7. The maximum absolute atomic E-state index is 3.63. The Morgan fingerprint density at radius 2 is 2.18 bits per heavy atom. The molecule has 4 N–H and O–H groups in total. The summed E-state index contributed by atoms with van der Waals surface area (Å²) in [6.07, 6.45) is 0.374. The Hall–Kier alpha value is 0.320. The van der Waals surface area contributed by atoms with Gasteiger partial charge in [0, 0.05) is 11.4 Å². The number of halogens is 1. The molecule has 2 saturated heterocycles. The molecule has 2 aliphatic rings. The molecular weight excluding hydrogens is 208 g/mol. The van der Waals surface area contributed by atoms with Crippen molar-refractivity contribution in [2.45, 2.75) is 24.0 Å². The van der Waals surface area contributed by atoms with Crippen molar-refractivity contribution in [3.8, 4) is 0 Å². The predicted octanol–water partition coefficient (Wildman–Crippen LogP) is -0.704. The van der Waals surface area contributed by atoms with Crippen LogP contribution in [0.1, 0.15) is 6.92 Å². The maximum Gasteiger partial charge on any atom is 0.0890 e. The SMILES string of the molecule is CC1C(Br)CNC2NNNC21. The molecule has 2 rings (SSSR count). The van der Waals surface area contributed by atoms with Gasteiger partial charge in [-0.3, -0.25) is 5.32 Å². The first-order valence-corrected chi connectivity index (χ1v) is 4.84. The predicted molar refractivity (Wildman–Crippen MR) is 46.9 cm³/mol. The van der Waals surface area contributed by atoms with Crippen LogP contribution in [0.15, 0.2) is 0 Å². The fourth-order valence-electron chi connectivity index (χ4n) is 1.64. The van der Waals surface area contributed by atoms with E-state index in [1.807, 2.05) is 0 Å². The molecule has 2 heterocycles. The first kappa shape index (κ1) is 7.94. The molecule has 2 fully saturated rings. The van der Waals surface area contributed by atoms with E-state index in [0.29, 0.717) is 23.0 Å². The van der Waals surface area contributed by atoms with E-state index in [9.17, 15) is 0 Å². The van der Waals surface area contributed by atoms with Gasteiger partial charge in [0.05, 0.1) is 12.2 Å². The Kier molecular flexibility index (Phi) is 2.16. The minimum atomic E-state index is 0.374. The molecule has 4 nitrogen and oxygen atoms in total. The van der Waals surface area contributed by atoms with Crippen LogP contribution in [-0.4, -0.2) is 23.6 Å².